The zero-order valence-electron chi connectivity index (χ0n) is 18.5. The van der Waals surface area contributed by atoms with Crippen LogP contribution in [0.2, 0.25) is 0 Å². The Balaban J connectivity index is 1.15. The summed E-state index contributed by atoms with van der Waals surface area (Å²) in [5, 5.41) is 10.9. The Morgan fingerprint density at radius 2 is 1.65 bits per heavy atom. The van der Waals surface area contributed by atoms with Gasteiger partial charge in [-0.25, -0.2) is 0 Å². The Hall–Kier alpha value is -3.28. The van der Waals surface area contributed by atoms with E-state index in [0.717, 1.165) is 24.1 Å². The largest absolute Gasteiger partial charge is 0.453 e. The van der Waals surface area contributed by atoms with E-state index in [9.17, 15) is 18.0 Å². The molecule has 2 saturated heterocycles. The first-order valence-corrected chi connectivity index (χ1v) is 11.3. The topological polar surface area (TPSA) is 82.8 Å². The van der Waals surface area contributed by atoms with Gasteiger partial charge in [-0.15, -0.1) is 15.3 Å². The van der Waals surface area contributed by atoms with Crippen molar-refractivity contribution >= 4 is 17.4 Å². The highest BCUT2D eigenvalue weighted by Crippen LogP contribution is 2.29. The molecule has 2 aliphatic rings. The van der Waals surface area contributed by atoms with Crippen LogP contribution in [0.1, 0.15) is 24.2 Å². The van der Waals surface area contributed by atoms with Crippen molar-refractivity contribution in [3.05, 3.63) is 48.0 Å². The van der Waals surface area contributed by atoms with Gasteiger partial charge in [-0.05, 0) is 42.7 Å². The first-order chi connectivity index (χ1) is 16.4. The summed E-state index contributed by atoms with van der Waals surface area (Å²) in [6.07, 6.45) is 0.230. The molecular weight excluding hydrogens is 449 g/mol. The maximum Gasteiger partial charge on any atom is 0.453 e. The van der Waals surface area contributed by atoms with Crippen molar-refractivity contribution in [2.45, 2.75) is 25.6 Å². The van der Waals surface area contributed by atoms with Crippen LogP contribution in [0.5, 0.6) is 0 Å². The summed E-state index contributed by atoms with van der Waals surface area (Å²) in [4.78, 5) is 23.3. The highest BCUT2D eigenvalue weighted by atomic mass is 19.4. The zero-order valence-corrected chi connectivity index (χ0v) is 18.5. The lowest BCUT2D eigenvalue weighted by Gasteiger charge is -2.38. The van der Waals surface area contributed by atoms with Crippen molar-refractivity contribution in [1.82, 2.24) is 34.6 Å². The summed E-state index contributed by atoms with van der Waals surface area (Å²) in [6.45, 7) is 5.03. The van der Waals surface area contributed by atoms with Gasteiger partial charge in [0, 0.05) is 64.1 Å². The van der Waals surface area contributed by atoms with Crippen LogP contribution in [0.25, 0.3) is 5.65 Å². The fourth-order valence-corrected chi connectivity index (χ4v) is 4.61. The molecule has 34 heavy (non-hydrogen) atoms. The number of anilines is 1. The number of carbonyl (C=O) groups is 1. The average Bonchev–Trinajstić information content (AvgIpc) is 3.29. The van der Waals surface area contributed by atoms with E-state index in [4.69, 9.17) is 0 Å². The molecular formula is C22H25F3N8O. The number of halogens is 3. The van der Waals surface area contributed by atoms with Crippen LogP contribution in [-0.4, -0.2) is 79.8 Å². The second-order valence-corrected chi connectivity index (χ2v) is 8.70. The average molecular weight is 474 g/mol. The molecule has 0 aromatic carbocycles. The molecule has 0 aliphatic carbocycles. The molecule has 9 nitrogen and oxygen atoms in total. The lowest BCUT2D eigenvalue weighted by Crippen LogP contribution is -2.51. The Bertz CT molecular complexity index is 1140. The third-order valence-electron chi connectivity index (χ3n) is 6.51. The normalized spacial score (nSPS) is 18.6. The van der Waals surface area contributed by atoms with Gasteiger partial charge < -0.3 is 9.80 Å². The number of amides is 1. The summed E-state index contributed by atoms with van der Waals surface area (Å²) in [6, 6.07) is 7.14. The summed E-state index contributed by atoms with van der Waals surface area (Å²) in [5.74, 6) is -0.622. The second kappa shape index (κ2) is 9.16. The molecule has 0 radical (unpaired) electrons. The van der Waals surface area contributed by atoms with Crippen molar-refractivity contribution in [1.29, 1.82) is 0 Å². The van der Waals surface area contributed by atoms with Gasteiger partial charge in [-0.2, -0.15) is 17.7 Å². The number of nitrogens with zero attached hydrogens (tertiary/aromatic N) is 8. The second-order valence-electron chi connectivity index (χ2n) is 8.70. The standard InChI is InChI=1S/C22H25F3N8O/c23-22(24,25)21-28-27-18-1-2-19(29-33(18)21)31-9-5-17(6-10-31)20(34)32-13-11-30(12-14-32)15-16-3-7-26-8-4-16/h1-4,7-8,17H,5-6,9-15H2. The Labute approximate surface area is 194 Å². The fourth-order valence-electron chi connectivity index (χ4n) is 4.61. The van der Waals surface area contributed by atoms with Crippen molar-refractivity contribution in [3.8, 4) is 0 Å². The summed E-state index contributed by atoms with van der Waals surface area (Å²) in [5.41, 5.74) is 1.26. The molecule has 0 bridgehead atoms. The van der Waals surface area contributed by atoms with Gasteiger partial charge >= 0.3 is 6.18 Å². The van der Waals surface area contributed by atoms with Crippen LogP contribution >= 0.6 is 0 Å². The Morgan fingerprint density at radius 3 is 2.32 bits per heavy atom. The number of fused-ring (bicyclic) bond motifs is 1. The highest BCUT2D eigenvalue weighted by molar-refractivity contribution is 5.79. The van der Waals surface area contributed by atoms with E-state index in [0.29, 0.717) is 44.8 Å². The first-order valence-electron chi connectivity index (χ1n) is 11.3. The van der Waals surface area contributed by atoms with Crippen molar-refractivity contribution in [2.24, 2.45) is 5.92 Å². The molecule has 0 N–H and O–H groups in total. The molecule has 0 saturated carbocycles. The van der Waals surface area contributed by atoms with Gasteiger partial charge in [0.15, 0.2) is 5.65 Å². The molecule has 2 fully saturated rings. The molecule has 180 valence electrons. The minimum absolute atomic E-state index is 0.0456. The SMILES string of the molecule is O=C(C1CCN(c2ccc3nnc(C(F)(F)F)n3n2)CC1)N1CCN(Cc2ccncc2)CC1. The number of alkyl halides is 3. The third kappa shape index (κ3) is 4.67. The van der Waals surface area contributed by atoms with Gasteiger partial charge in [-0.3, -0.25) is 14.7 Å². The molecule has 0 atom stereocenters. The third-order valence-corrected chi connectivity index (χ3v) is 6.51. The minimum atomic E-state index is -4.63. The van der Waals surface area contributed by atoms with E-state index in [2.05, 4.69) is 25.2 Å². The predicted molar refractivity (Wildman–Crippen MR) is 117 cm³/mol. The van der Waals surface area contributed by atoms with Crippen LogP contribution in [0.15, 0.2) is 36.7 Å². The Morgan fingerprint density at radius 1 is 0.941 bits per heavy atom. The van der Waals surface area contributed by atoms with Gasteiger partial charge in [0.05, 0.1) is 0 Å². The number of hydrogen-bond donors (Lipinski definition) is 0. The molecule has 12 heteroatoms. The van der Waals surface area contributed by atoms with Crippen molar-refractivity contribution in [3.63, 3.8) is 0 Å². The number of pyridine rings is 1. The van der Waals surface area contributed by atoms with Crippen LogP contribution in [0.3, 0.4) is 0 Å². The van der Waals surface area contributed by atoms with Gasteiger partial charge in [-0.1, -0.05) is 0 Å². The molecule has 5 rings (SSSR count). The van der Waals surface area contributed by atoms with E-state index in [1.54, 1.807) is 18.5 Å². The molecule has 3 aromatic heterocycles. The summed E-state index contributed by atoms with van der Waals surface area (Å²) >= 11 is 0. The van der Waals surface area contributed by atoms with Crippen LogP contribution < -0.4 is 4.90 Å². The fraction of sp³-hybridized carbons (Fsp3) is 0.500. The lowest BCUT2D eigenvalue weighted by molar-refractivity contribution is -0.146. The Kier molecular flexibility index (Phi) is 6.07. The molecule has 3 aromatic rings. The van der Waals surface area contributed by atoms with Gasteiger partial charge in [0.1, 0.15) is 5.82 Å². The van der Waals surface area contributed by atoms with E-state index in [1.165, 1.54) is 11.6 Å². The zero-order chi connectivity index (χ0) is 23.7. The number of piperazine rings is 1. The molecule has 5 heterocycles. The highest BCUT2D eigenvalue weighted by Gasteiger charge is 2.38. The van der Waals surface area contributed by atoms with Crippen LogP contribution in [0.4, 0.5) is 19.0 Å². The number of piperidine rings is 1. The first kappa shape index (κ1) is 22.5. The number of carbonyl (C=O) groups excluding carboxylic acids is 1. The van der Waals surface area contributed by atoms with Crippen LogP contribution in [-0.2, 0) is 17.5 Å². The molecule has 0 spiro atoms. The van der Waals surface area contributed by atoms with Crippen molar-refractivity contribution in [2.75, 3.05) is 44.2 Å². The summed E-state index contributed by atoms with van der Waals surface area (Å²) < 4.78 is 40.2. The molecule has 0 unspecified atom stereocenters. The molecule has 1 amide bonds. The number of aromatic nitrogens is 5. The van der Waals surface area contributed by atoms with E-state index in [1.807, 2.05) is 21.9 Å². The quantitative estimate of drug-likeness (QED) is 0.573. The van der Waals surface area contributed by atoms with E-state index in [-0.39, 0.29) is 17.5 Å². The van der Waals surface area contributed by atoms with Gasteiger partial charge in [0.2, 0.25) is 5.91 Å². The number of rotatable bonds is 4. The van der Waals surface area contributed by atoms with E-state index < -0.39 is 12.0 Å². The smallest absolute Gasteiger partial charge is 0.355 e. The maximum atomic E-state index is 13.2. The number of hydrogen-bond acceptors (Lipinski definition) is 7. The minimum Gasteiger partial charge on any atom is -0.355 e. The van der Waals surface area contributed by atoms with Gasteiger partial charge in [0.25, 0.3) is 5.82 Å². The van der Waals surface area contributed by atoms with E-state index >= 15 is 0 Å². The van der Waals surface area contributed by atoms with Crippen LogP contribution in [0, 0.1) is 5.92 Å². The molecule has 2 aliphatic heterocycles. The maximum absolute atomic E-state index is 13.2. The monoisotopic (exact) mass is 474 g/mol. The summed E-state index contributed by atoms with van der Waals surface area (Å²) in [7, 11) is 0. The predicted octanol–water partition coefficient (Wildman–Crippen LogP) is 2.10. The van der Waals surface area contributed by atoms with Crippen molar-refractivity contribution < 1.29 is 18.0 Å². The lowest BCUT2D eigenvalue weighted by atomic mass is 9.95.